The van der Waals surface area contributed by atoms with Crippen molar-refractivity contribution in [3.63, 3.8) is 0 Å². The van der Waals surface area contributed by atoms with Gasteiger partial charge in [-0.15, -0.1) is 0 Å². The Morgan fingerprint density at radius 1 is 1.23 bits per heavy atom. The fourth-order valence-electron chi connectivity index (χ4n) is 3.63. The molecular weight excluding hydrogens is 322 g/mol. The van der Waals surface area contributed by atoms with Gasteiger partial charge in [0.1, 0.15) is 5.84 Å². The Labute approximate surface area is 156 Å². The van der Waals surface area contributed by atoms with Crippen molar-refractivity contribution in [1.29, 1.82) is 0 Å². The van der Waals surface area contributed by atoms with Crippen LogP contribution < -0.4 is 5.32 Å². The molecule has 1 fully saturated rings. The lowest BCUT2D eigenvalue weighted by atomic mass is 9.98. The van der Waals surface area contributed by atoms with Crippen molar-refractivity contribution in [2.45, 2.75) is 38.6 Å². The number of ether oxygens (including phenoxy) is 1. The highest BCUT2D eigenvalue weighted by molar-refractivity contribution is 5.99. The van der Waals surface area contributed by atoms with Crippen molar-refractivity contribution in [3.8, 4) is 0 Å². The van der Waals surface area contributed by atoms with Gasteiger partial charge in [-0.2, -0.15) is 0 Å². The van der Waals surface area contributed by atoms with Gasteiger partial charge in [0.15, 0.2) is 0 Å². The van der Waals surface area contributed by atoms with E-state index in [2.05, 4.69) is 65.8 Å². The van der Waals surface area contributed by atoms with Gasteiger partial charge in [0.2, 0.25) is 0 Å². The maximum absolute atomic E-state index is 5.45. The summed E-state index contributed by atoms with van der Waals surface area (Å²) in [6.07, 6.45) is 12.8. The van der Waals surface area contributed by atoms with E-state index in [9.17, 15) is 0 Å². The summed E-state index contributed by atoms with van der Waals surface area (Å²) in [6, 6.07) is 9.26. The second kappa shape index (κ2) is 7.92. The highest BCUT2D eigenvalue weighted by Gasteiger charge is 2.21. The molecule has 3 aliphatic heterocycles. The first-order valence-corrected chi connectivity index (χ1v) is 9.70. The Morgan fingerprint density at radius 2 is 2.12 bits per heavy atom. The van der Waals surface area contributed by atoms with Crippen molar-refractivity contribution >= 4 is 17.1 Å². The van der Waals surface area contributed by atoms with E-state index in [-0.39, 0.29) is 0 Å². The minimum atomic E-state index is 0.437. The third-order valence-electron chi connectivity index (χ3n) is 5.14. The molecule has 4 rings (SSSR count). The van der Waals surface area contributed by atoms with E-state index in [0.717, 1.165) is 38.4 Å². The van der Waals surface area contributed by atoms with Gasteiger partial charge >= 0.3 is 0 Å². The van der Waals surface area contributed by atoms with Gasteiger partial charge in [0.25, 0.3) is 0 Å². The lowest BCUT2D eigenvalue weighted by Gasteiger charge is -2.30. The van der Waals surface area contributed by atoms with E-state index in [1.165, 1.54) is 35.4 Å². The van der Waals surface area contributed by atoms with Crippen LogP contribution in [0.2, 0.25) is 0 Å². The van der Waals surface area contributed by atoms with Crippen molar-refractivity contribution < 1.29 is 4.74 Å². The number of hydrogen-bond donors (Lipinski definition) is 1. The molecule has 1 aromatic rings. The molecule has 0 unspecified atom stereocenters. The van der Waals surface area contributed by atoms with Crippen LogP contribution in [0.5, 0.6) is 0 Å². The summed E-state index contributed by atoms with van der Waals surface area (Å²) in [7, 11) is 0. The zero-order chi connectivity index (χ0) is 17.8. The van der Waals surface area contributed by atoms with Crippen LogP contribution in [-0.4, -0.2) is 36.5 Å². The number of amidine groups is 1. The highest BCUT2D eigenvalue weighted by Crippen LogP contribution is 2.30. The molecule has 0 spiro atoms. The second-order valence-electron chi connectivity index (χ2n) is 7.11. The number of anilines is 1. The molecule has 0 aromatic heterocycles. The molecule has 0 saturated carbocycles. The van der Waals surface area contributed by atoms with Crippen LogP contribution in [0.4, 0.5) is 5.69 Å². The summed E-state index contributed by atoms with van der Waals surface area (Å²) < 4.78 is 5.45. The summed E-state index contributed by atoms with van der Waals surface area (Å²) in [5, 5.41) is 3.56. The lowest BCUT2D eigenvalue weighted by molar-refractivity contribution is 0.195. The molecule has 1 saturated heterocycles. The van der Waals surface area contributed by atoms with Crippen molar-refractivity contribution in [1.82, 2.24) is 4.90 Å². The summed E-state index contributed by atoms with van der Waals surface area (Å²) in [6.45, 7) is 4.79. The summed E-state index contributed by atoms with van der Waals surface area (Å²) in [5.74, 6) is 1.06. The van der Waals surface area contributed by atoms with Crippen LogP contribution in [0.1, 0.15) is 38.2 Å². The third kappa shape index (κ3) is 3.75. The van der Waals surface area contributed by atoms with Gasteiger partial charge in [-0.25, -0.2) is 4.99 Å². The van der Waals surface area contributed by atoms with Crippen molar-refractivity contribution in [3.05, 3.63) is 60.0 Å². The van der Waals surface area contributed by atoms with Crippen LogP contribution >= 0.6 is 0 Å². The number of fused-ring (bicyclic) bond motifs is 1. The summed E-state index contributed by atoms with van der Waals surface area (Å²) in [5.41, 5.74) is 5.02. The predicted molar refractivity (Wildman–Crippen MR) is 108 cm³/mol. The molecule has 4 nitrogen and oxygen atoms in total. The average Bonchev–Trinajstić information content (AvgIpc) is 3.19. The summed E-state index contributed by atoms with van der Waals surface area (Å²) >= 11 is 0. The number of rotatable bonds is 6. The van der Waals surface area contributed by atoms with Crippen molar-refractivity contribution in [2.75, 3.05) is 25.1 Å². The lowest BCUT2D eigenvalue weighted by Crippen LogP contribution is -2.31. The maximum Gasteiger partial charge on any atom is 0.133 e. The molecule has 1 N–H and O–H groups in total. The van der Waals surface area contributed by atoms with Gasteiger partial charge in [0, 0.05) is 29.8 Å². The number of allylic oxidation sites excluding steroid dienone is 3. The molecule has 0 aliphatic carbocycles. The molecule has 0 amide bonds. The van der Waals surface area contributed by atoms with E-state index in [0.29, 0.717) is 6.04 Å². The Hall–Kier alpha value is -2.33. The van der Waals surface area contributed by atoms with Crippen molar-refractivity contribution in [2.24, 2.45) is 4.99 Å². The molecule has 1 atom stereocenters. The van der Waals surface area contributed by atoms with Gasteiger partial charge < -0.3 is 15.0 Å². The Kier molecular flexibility index (Phi) is 5.21. The number of hydrogen-bond acceptors (Lipinski definition) is 4. The molecule has 26 heavy (non-hydrogen) atoms. The van der Waals surface area contributed by atoms with E-state index >= 15 is 0 Å². The SMILES string of the molecule is CCCCC1=C(c2ccc(N[C@@H]3CCOC3)cc2)CN2C=CC=CC2=N1. The molecule has 3 heterocycles. The zero-order valence-electron chi connectivity index (χ0n) is 15.4. The van der Waals surface area contributed by atoms with Crippen LogP contribution in [0.15, 0.2) is 59.4 Å². The van der Waals surface area contributed by atoms with Gasteiger partial charge in [-0.05, 0) is 49.1 Å². The van der Waals surface area contributed by atoms with Crippen LogP contribution in [0.25, 0.3) is 5.57 Å². The van der Waals surface area contributed by atoms with Crippen LogP contribution in [-0.2, 0) is 4.74 Å². The number of benzene rings is 1. The molecule has 3 aliphatic rings. The van der Waals surface area contributed by atoms with Crippen LogP contribution in [0.3, 0.4) is 0 Å². The maximum atomic E-state index is 5.45. The smallest absolute Gasteiger partial charge is 0.133 e. The fourth-order valence-corrected chi connectivity index (χ4v) is 3.63. The molecule has 1 aromatic carbocycles. The van der Waals surface area contributed by atoms with Gasteiger partial charge in [-0.1, -0.05) is 31.6 Å². The quantitative estimate of drug-likeness (QED) is 0.816. The predicted octanol–water partition coefficient (Wildman–Crippen LogP) is 4.59. The topological polar surface area (TPSA) is 36.9 Å². The zero-order valence-corrected chi connectivity index (χ0v) is 15.4. The minimum absolute atomic E-state index is 0.437. The normalized spacial score (nSPS) is 21.8. The van der Waals surface area contributed by atoms with E-state index < -0.39 is 0 Å². The average molecular weight is 349 g/mol. The van der Waals surface area contributed by atoms with Crippen LogP contribution in [0, 0.1) is 0 Å². The first-order valence-electron chi connectivity index (χ1n) is 9.70. The highest BCUT2D eigenvalue weighted by atomic mass is 16.5. The minimum Gasteiger partial charge on any atom is -0.380 e. The summed E-state index contributed by atoms with van der Waals surface area (Å²) in [4.78, 5) is 7.19. The molecule has 0 bridgehead atoms. The Bertz CT molecular complexity index is 752. The van der Waals surface area contributed by atoms with Gasteiger partial charge in [-0.3, -0.25) is 0 Å². The fraction of sp³-hybridized carbons (Fsp3) is 0.409. The number of nitrogens with one attached hydrogen (secondary N) is 1. The standard InChI is InChI=1S/C22H27N3O/c1-2-3-6-21-20(15-25-13-5-4-7-22(25)24-21)17-8-10-18(11-9-17)23-19-12-14-26-16-19/h4-5,7-11,13,19,23H,2-3,6,12,14-16H2,1H3/t19-/m1/s1. The first-order chi connectivity index (χ1) is 12.8. The number of unbranched alkanes of at least 4 members (excludes halogenated alkanes) is 1. The third-order valence-corrected chi connectivity index (χ3v) is 5.14. The van der Waals surface area contributed by atoms with Gasteiger partial charge in [0.05, 0.1) is 19.2 Å². The van der Waals surface area contributed by atoms with E-state index in [1.807, 2.05) is 0 Å². The molecule has 4 heteroatoms. The number of aliphatic imine (C=N–C) groups is 1. The van der Waals surface area contributed by atoms with E-state index in [1.54, 1.807) is 0 Å². The second-order valence-corrected chi connectivity index (χ2v) is 7.11. The molecule has 0 radical (unpaired) electrons. The Morgan fingerprint density at radius 3 is 2.88 bits per heavy atom. The number of nitrogens with zero attached hydrogens (tertiary/aromatic N) is 2. The molecular formula is C22H27N3O. The van der Waals surface area contributed by atoms with E-state index in [4.69, 9.17) is 9.73 Å². The monoisotopic (exact) mass is 349 g/mol. The first kappa shape index (κ1) is 17.1. The largest absolute Gasteiger partial charge is 0.380 e. The molecule has 136 valence electrons. The Balaban J connectivity index is 1.57.